The molecule has 1 saturated carbocycles. The number of benzene rings is 2. The number of fused-ring (bicyclic) bond motifs is 2. The molecule has 1 N–H and O–H groups in total. The van der Waals surface area contributed by atoms with Gasteiger partial charge in [-0.05, 0) is 54.5 Å². The van der Waals surface area contributed by atoms with Gasteiger partial charge in [0.05, 0.1) is 23.3 Å². The lowest BCUT2D eigenvalue weighted by Gasteiger charge is -2.37. The summed E-state index contributed by atoms with van der Waals surface area (Å²) in [5.41, 5.74) is 6.58. The number of aliphatic imine (C=N–C) groups is 1. The van der Waals surface area contributed by atoms with Crippen molar-refractivity contribution in [1.29, 1.82) is 0 Å². The molecule has 1 aliphatic carbocycles. The molecule has 1 fully saturated rings. The number of rotatable bonds is 1. The first-order valence-electron chi connectivity index (χ1n) is 9.37. The summed E-state index contributed by atoms with van der Waals surface area (Å²) in [4.78, 5) is 18.2. The van der Waals surface area contributed by atoms with Gasteiger partial charge in [-0.2, -0.15) is 0 Å². The lowest BCUT2D eigenvalue weighted by atomic mass is 9.68. The molecule has 1 aliphatic heterocycles. The number of hydrogen-bond acceptors (Lipinski definition) is 3. The molecule has 1 unspecified atom stereocenters. The Bertz CT molecular complexity index is 896. The zero-order valence-corrected chi connectivity index (χ0v) is 16.0. The molecule has 4 rings (SSSR count). The third-order valence-electron chi connectivity index (χ3n) is 5.70. The lowest BCUT2D eigenvalue weighted by Crippen LogP contribution is -2.42. The van der Waals surface area contributed by atoms with Gasteiger partial charge in [0.25, 0.3) is 0 Å². The zero-order chi connectivity index (χ0) is 18.5. The van der Waals surface area contributed by atoms with Gasteiger partial charge in [0.15, 0.2) is 0 Å². The van der Waals surface area contributed by atoms with Gasteiger partial charge in [0.1, 0.15) is 5.78 Å². The third kappa shape index (κ3) is 2.96. The number of aryl methyl sites for hydroxylation is 2. The number of anilines is 1. The fraction of sp³-hybridized carbons (Fsp3) is 0.391. The highest BCUT2D eigenvalue weighted by molar-refractivity contribution is 6.10. The Morgan fingerprint density at radius 3 is 2.46 bits per heavy atom. The maximum Gasteiger partial charge on any atom is 0.144 e. The standard InChI is InChI=1S/C23H26N2O/c1-14-10-17-18(11-15(14)2)25-22(16-8-6-5-7-9-16)21-19(24-17)12-23(3,4)13-20(21)26/h5-11,21-22,25H,12-13H2,1-4H3/t21?,22-/m1/s1. The summed E-state index contributed by atoms with van der Waals surface area (Å²) in [5.74, 6) is 0.0982. The van der Waals surface area contributed by atoms with E-state index in [2.05, 4.69) is 57.3 Å². The monoisotopic (exact) mass is 346 g/mol. The van der Waals surface area contributed by atoms with E-state index in [1.54, 1.807) is 0 Å². The van der Waals surface area contributed by atoms with Gasteiger partial charge in [0.2, 0.25) is 0 Å². The summed E-state index contributed by atoms with van der Waals surface area (Å²) in [6, 6.07) is 14.5. The Hall–Kier alpha value is -2.42. The van der Waals surface area contributed by atoms with E-state index in [4.69, 9.17) is 4.99 Å². The first-order chi connectivity index (χ1) is 12.3. The number of nitrogens with zero attached hydrogens (tertiary/aromatic N) is 1. The second kappa shape index (κ2) is 6.08. The Labute approximate surface area is 155 Å². The highest BCUT2D eigenvalue weighted by Crippen LogP contribution is 2.45. The van der Waals surface area contributed by atoms with Crippen LogP contribution in [-0.4, -0.2) is 11.5 Å². The normalized spacial score (nSPS) is 24.0. The van der Waals surface area contributed by atoms with Crippen molar-refractivity contribution in [1.82, 2.24) is 0 Å². The van der Waals surface area contributed by atoms with Gasteiger partial charge >= 0.3 is 0 Å². The number of ketones is 1. The second-order valence-electron chi connectivity index (χ2n) is 8.55. The predicted octanol–water partition coefficient (Wildman–Crippen LogP) is 5.55. The van der Waals surface area contributed by atoms with Crippen LogP contribution in [-0.2, 0) is 4.79 Å². The average Bonchev–Trinajstić information content (AvgIpc) is 2.72. The maximum atomic E-state index is 13.1. The van der Waals surface area contributed by atoms with Crippen molar-refractivity contribution >= 4 is 22.9 Å². The number of Topliss-reactive ketones (excluding diaryl/α,β-unsaturated/α-hetero) is 1. The molecule has 0 saturated heterocycles. The molecule has 2 aliphatic rings. The minimum Gasteiger partial charge on any atom is -0.375 e. The summed E-state index contributed by atoms with van der Waals surface area (Å²) in [5, 5.41) is 3.67. The van der Waals surface area contributed by atoms with Crippen molar-refractivity contribution < 1.29 is 4.79 Å². The lowest BCUT2D eigenvalue weighted by molar-refractivity contribution is -0.124. The molecular formula is C23H26N2O. The van der Waals surface area contributed by atoms with Gasteiger partial charge in [-0.1, -0.05) is 44.2 Å². The van der Waals surface area contributed by atoms with Crippen molar-refractivity contribution in [3.63, 3.8) is 0 Å². The fourth-order valence-corrected chi connectivity index (χ4v) is 4.27. The quantitative estimate of drug-likeness (QED) is 0.735. The second-order valence-corrected chi connectivity index (χ2v) is 8.55. The van der Waals surface area contributed by atoms with E-state index in [1.807, 2.05) is 18.2 Å². The SMILES string of the molecule is Cc1cc2c(cc1C)N[C@H](c1ccccc1)C1C(=O)CC(C)(C)CC1=N2. The Morgan fingerprint density at radius 2 is 1.73 bits per heavy atom. The van der Waals surface area contributed by atoms with Crippen LogP contribution < -0.4 is 5.32 Å². The molecule has 2 aromatic rings. The van der Waals surface area contributed by atoms with E-state index in [1.165, 1.54) is 11.1 Å². The van der Waals surface area contributed by atoms with Gasteiger partial charge in [-0.3, -0.25) is 9.79 Å². The van der Waals surface area contributed by atoms with Gasteiger partial charge in [-0.25, -0.2) is 0 Å². The highest BCUT2D eigenvalue weighted by atomic mass is 16.1. The van der Waals surface area contributed by atoms with E-state index in [-0.39, 0.29) is 17.4 Å². The Balaban J connectivity index is 1.90. The third-order valence-corrected chi connectivity index (χ3v) is 5.70. The van der Waals surface area contributed by atoms with Crippen molar-refractivity contribution in [3.8, 4) is 0 Å². The average molecular weight is 346 g/mol. The molecule has 3 heteroatoms. The summed E-state index contributed by atoms with van der Waals surface area (Å²) >= 11 is 0. The van der Waals surface area contributed by atoms with Crippen LogP contribution in [0.15, 0.2) is 47.5 Å². The topological polar surface area (TPSA) is 41.5 Å². The predicted molar refractivity (Wildman–Crippen MR) is 107 cm³/mol. The number of carbonyl (C=O) groups excluding carboxylic acids is 1. The molecule has 3 nitrogen and oxygen atoms in total. The molecule has 2 atom stereocenters. The Kier molecular flexibility index (Phi) is 3.98. The first kappa shape index (κ1) is 17.0. The van der Waals surface area contributed by atoms with Crippen LogP contribution in [0.4, 0.5) is 11.4 Å². The molecule has 0 spiro atoms. The summed E-state index contributed by atoms with van der Waals surface area (Å²) in [6.45, 7) is 8.57. The van der Waals surface area contributed by atoms with Crippen LogP contribution in [0.2, 0.25) is 0 Å². The molecule has 0 aromatic heterocycles. The summed E-state index contributed by atoms with van der Waals surface area (Å²) < 4.78 is 0. The van der Waals surface area contributed by atoms with Gasteiger partial charge < -0.3 is 5.32 Å². The summed E-state index contributed by atoms with van der Waals surface area (Å²) in [6.07, 6.45) is 1.47. The van der Waals surface area contributed by atoms with E-state index < -0.39 is 0 Å². The van der Waals surface area contributed by atoms with E-state index in [9.17, 15) is 4.79 Å². The molecule has 134 valence electrons. The van der Waals surface area contributed by atoms with Crippen LogP contribution in [0.3, 0.4) is 0 Å². The van der Waals surface area contributed by atoms with Gasteiger partial charge in [0, 0.05) is 12.1 Å². The van der Waals surface area contributed by atoms with Crippen LogP contribution >= 0.6 is 0 Å². The molecule has 0 amide bonds. The number of carbonyl (C=O) groups is 1. The molecular weight excluding hydrogens is 320 g/mol. The first-order valence-corrected chi connectivity index (χ1v) is 9.37. The smallest absolute Gasteiger partial charge is 0.144 e. The van der Waals surface area contributed by atoms with Gasteiger partial charge in [-0.15, -0.1) is 0 Å². The number of hydrogen-bond donors (Lipinski definition) is 1. The van der Waals surface area contributed by atoms with Crippen LogP contribution in [0.5, 0.6) is 0 Å². The molecule has 0 bridgehead atoms. The largest absolute Gasteiger partial charge is 0.375 e. The molecule has 26 heavy (non-hydrogen) atoms. The van der Waals surface area contributed by atoms with Crippen molar-refractivity contribution in [2.45, 2.75) is 46.6 Å². The Morgan fingerprint density at radius 1 is 1.04 bits per heavy atom. The van der Waals surface area contributed by atoms with Crippen LogP contribution in [0.1, 0.15) is 49.4 Å². The van der Waals surface area contributed by atoms with Crippen LogP contribution in [0.25, 0.3) is 0 Å². The van der Waals surface area contributed by atoms with Crippen molar-refractivity contribution in [3.05, 3.63) is 59.2 Å². The fourth-order valence-electron chi connectivity index (χ4n) is 4.27. The minimum atomic E-state index is -0.196. The zero-order valence-electron chi connectivity index (χ0n) is 16.0. The molecule has 1 heterocycles. The molecule has 2 aromatic carbocycles. The number of nitrogens with one attached hydrogen (secondary N) is 1. The van der Waals surface area contributed by atoms with E-state index in [0.29, 0.717) is 12.2 Å². The minimum absolute atomic E-state index is 0.0299. The van der Waals surface area contributed by atoms with Crippen molar-refractivity contribution in [2.75, 3.05) is 5.32 Å². The highest BCUT2D eigenvalue weighted by Gasteiger charge is 2.43. The van der Waals surface area contributed by atoms with E-state index >= 15 is 0 Å². The van der Waals surface area contributed by atoms with E-state index in [0.717, 1.165) is 29.1 Å². The molecule has 0 radical (unpaired) electrons. The summed E-state index contributed by atoms with van der Waals surface area (Å²) in [7, 11) is 0. The van der Waals surface area contributed by atoms with Crippen molar-refractivity contribution in [2.24, 2.45) is 16.3 Å². The van der Waals surface area contributed by atoms with Crippen LogP contribution in [0, 0.1) is 25.2 Å². The maximum absolute atomic E-state index is 13.1.